The van der Waals surface area contributed by atoms with Crippen molar-refractivity contribution >= 4 is 34.7 Å². The van der Waals surface area contributed by atoms with Crippen LogP contribution in [0.25, 0.3) is 11.1 Å². The second-order valence-electron chi connectivity index (χ2n) is 10.6. The Hall–Kier alpha value is -3.15. The van der Waals surface area contributed by atoms with Gasteiger partial charge in [0.2, 0.25) is 17.9 Å². The van der Waals surface area contributed by atoms with Crippen molar-refractivity contribution in [3.05, 3.63) is 58.3 Å². The van der Waals surface area contributed by atoms with Crippen LogP contribution < -0.4 is 15.8 Å². The molecular weight excluding hydrogens is 561 g/mol. The van der Waals surface area contributed by atoms with Crippen molar-refractivity contribution in [2.24, 2.45) is 5.41 Å². The topological polar surface area (TPSA) is 109 Å². The summed E-state index contributed by atoms with van der Waals surface area (Å²) in [5, 5.41) is 3.56. The molecule has 0 saturated carbocycles. The van der Waals surface area contributed by atoms with Gasteiger partial charge in [0.25, 0.3) is 0 Å². The number of rotatable bonds is 7. The van der Waals surface area contributed by atoms with Crippen LogP contribution in [0.3, 0.4) is 0 Å². The Morgan fingerprint density at radius 3 is 2.78 bits per heavy atom. The number of aromatic nitrogens is 2. The van der Waals surface area contributed by atoms with Gasteiger partial charge in [-0.15, -0.1) is 0 Å². The standard InChI is InChI=1S/C29H32ClF3N4O4/c1-2-40-26(38)23-14-28(16-35-23)9-7-17(8-10-28)22-13-24(37-27(34)36-22)41-25(29(31,32)33)20-6-5-19(30)12-21(20)18-4-3-11-39-15-18/h4-7,12-13,23,25,35H,2-3,8-11,14-16H2,1H3,(H2,34,36,37). The normalized spacial score (nSPS) is 23.6. The minimum Gasteiger partial charge on any atom is -0.465 e. The molecule has 41 heavy (non-hydrogen) atoms. The SMILES string of the molecule is CCOC(=O)C1CC2(CC=C(c3cc(OC(c4ccc(Cl)cc4C4=CCCOC4)C(F)(F)F)nc(N)n3)CC2)CN1. The molecule has 5 rings (SSSR count). The molecule has 1 aromatic heterocycles. The molecule has 8 nitrogen and oxygen atoms in total. The number of carbonyl (C=O) groups is 1. The van der Waals surface area contributed by atoms with Crippen molar-refractivity contribution in [2.45, 2.75) is 57.3 Å². The maximum atomic E-state index is 14.5. The summed E-state index contributed by atoms with van der Waals surface area (Å²) in [5.41, 5.74) is 7.93. The molecule has 0 amide bonds. The maximum Gasteiger partial charge on any atom is 0.429 e. The van der Waals surface area contributed by atoms with Gasteiger partial charge in [-0.2, -0.15) is 18.2 Å². The van der Waals surface area contributed by atoms with E-state index < -0.39 is 12.3 Å². The first-order valence-corrected chi connectivity index (χ1v) is 14.0. The number of nitrogen functional groups attached to an aromatic ring is 1. The van der Waals surface area contributed by atoms with E-state index in [1.165, 1.54) is 24.3 Å². The van der Waals surface area contributed by atoms with Crippen molar-refractivity contribution in [3.63, 3.8) is 0 Å². The number of nitrogens with two attached hydrogens (primary N) is 1. The van der Waals surface area contributed by atoms with Crippen LogP contribution >= 0.6 is 11.6 Å². The van der Waals surface area contributed by atoms with Gasteiger partial charge in [0, 0.05) is 23.2 Å². The lowest BCUT2D eigenvalue weighted by molar-refractivity contribution is -0.198. The molecule has 2 aliphatic heterocycles. The molecule has 3 heterocycles. The molecule has 2 aromatic rings. The molecule has 220 valence electrons. The van der Waals surface area contributed by atoms with Gasteiger partial charge in [0.05, 0.1) is 25.5 Å². The number of ether oxygens (including phenoxy) is 3. The Morgan fingerprint density at radius 2 is 2.10 bits per heavy atom. The van der Waals surface area contributed by atoms with Crippen LogP contribution in [-0.2, 0) is 14.3 Å². The third kappa shape index (κ3) is 6.68. The number of carbonyl (C=O) groups excluding carboxylic acids is 1. The van der Waals surface area contributed by atoms with Crippen molar-refractivity contribution < 1.29 is 32.2 Å². The third-order valence-electron chi connectivity index (χ3n) is 7.78. The van der Waals surface area contributed by atoms with Gasteiger partial charge in [-0.05, 0) is 73.3 Å². The largest absolute Gasteiger partial charge is 0.465 e. The number of allylic oxidation sites excluding steroid dienone is 2. The van der Waals surface area contributed by atoms with Crippen LogP contribution in [0.1, 0.15) is 62.0 Å². The molecular formula is C29H32ClF3N4O4. The van der Waals surface area contributed by atoms with Crippen LogP contribution in [0.4, 0.5) is 19.1 Å². The van der Waals surface area contributed by atoms with E-state index in [2.05, 4.69) is 15.3 Å². The van der Waals surface area contributed by atoms with Gasteiger partial charge >= 0.3 is 12.1 Å². The molecule has 1 fully saturated rings. The fourth-order valence-electron chi connectivity index (χ4n) is 5.72. The zero-order chi connectivity index (χ0) is 29.2. The first-order valence-electron chi connectivity index (χ1n) is 13.6. The second-order valence-corrected chi connectivity index (χ2v) is 11.1. The van der Waals surface area contributed by atoms with Crippen LogP contribution in [0.15, 0.2) is 36.4 Å². The maximum absolute atomic E-state index is 14.5. The molecule has 1 aliphatic carbocycles. The van der Waals surface area contributed by atoms with Gasteiger partial charge < -0.3 is 25.3 Å². The highest BCUT2D eigenvalue weighted by atomic mass is 35.5. The average molecular weight is 593 g/mol. The first-order chi connectivity index (χ1) is 19.6. The fourth-order valence-corrected chi connectivity index (χ4v) is 5.90. The molecule has 1 aromatic carbocycles. The van der Waals surface area contributed by atoms with Gasteiger partial charge in [-0.1, -0.05) is 29.8 Å². The number of alkyl halides is 3. The fraction of sp³-hybridized carbons (Fsp3) is 0.483. The monoisotopic (exact) mass is 592 g/mol. The number of hydrogen-bond acceptors (Lipinski definition) is 8. The average Bonchev–Trinajstić information content (AvgIpc) is 3.35. The highest BCUT2D eigenvalue weighted by Crippen LogP contribution is 2.45. The summed E-state index contributed by atoms with van der Waals surface area (Å²) in [5.74, 6) is -0.722. The lowest BCUT2D eigenvalue weighted by Crippen LogP contribution is -2.32. The summed E-state index contributed by atoms with van der Waals surface area (Å²) in [6.45, 7) is 3.46. The van der Waals surface area contributed by atoms with Crippen molar-refractivity contribution in [1.29, 1.82) is 0 Å². The lowest BCUT2D eigenvalue weighted by atomic mass is 9.73. The van der Waals surface area contributed by atoms with Crippen LogP contribution in [0.5, 0.6) is 5.88 Å². The zero-order valence-corrected chi connectivity index (χ0v) is 23.4. The Labute approximate surface area is 241 Å². The van der Waals surface area contributed by atoms with Crippen LogP contribution in [0, 0.1) is 5.41 Å². The minimum absolute atomic E-state index is 0.0945. The number of hydrogen-bond donors (Lipinski definition) is 2. The Balaban J connectivity index is 1.39. The summed E-state index contributed by atoms with van der Waals surface area (Å²) in [6.07, 6.45) is 0.0929. The number of esters is 1. The smallest absolute Gasteiger partial charge is 0.429 e. The summed E-state index contributed by atoms with van der Waals surface area (Å²) in [4.78, 5) is 20.4. The summed E-state index contributed by atoms with van der Waals surface area (Å²) in [7, 11) is 0. The van der Waals surface area contributed by atoms with Crippen molar-refractivity contribution in [2.75, 3.05) is 32.1 Å². The number of anilines is 1. The first kappa shape index (κ1) is 29.3. The number of nitrogens with zero attached hydrogens (tertiary/aromatic N) is 2. The molecule has 3 atom stereocenters. The zero-order valence-electron chi connectivity index (χ0n) is 22.6. The van der Waals surface area contributed by atoms with E-state index in [1.54, 1.807) is 6.92 Å². The van der Waals surface area contributed by atoms with E-state index in [-0.39, 0.29) is 41.4 Å². The van der Waals surface area contributed by atoms with E-state index >= 15 is 0 Å². The third-order valence-corrected chi connectivity index (χ3v) is 8.01. The quantitative estimate of drug-likeness (QED) is 0.396. The Kier molecular flexibility index (Phi) is 8.58. The van der Waals surface area contributed by atoms with Gasteiger partial charge in [-0.3, -0.25) is 4.79 Å². The number of nitrogens with one attached hydrogen (secondary N) is 1. The van der Waals surface area contributed by atoms with E-state index in [0.717, 1.165) is 12.0 Å². The number of halogens is 4. The molecule has 3 N–H and O–H groups in total. The minimum atomic E-state index is -4.76. The van der Waals surface area contributed by atoms with Crippen molar-refractivity contribution in [1.82, 2.24) is 15.3 Å². The summed E-state index contributed by atoms with van der Waals surface area (Å²) < 4.78 is 59.6. The highest BCUT2D eigenvalue weighted by Gasteiger charge is 2.45. The predicted octanol–water partition coefficient (Wildman–Crippen LogP) is 5.68. The van der Waals surface area contributed by atoms with Gasteiger partial charge in [-0.25, -0.2) is 4.98 Å². The predicted molar refractivity (Wildman–Crippen MR) is 148 cm³/mol. The Bertz CT molecular complexity index is 1370. The number of benzene rings is 1. The van der Waals surface area contributed by atoms with Crippen molar-refractivity contribution in [3.8, 4) is 5.88 Å². The second kappa shape index (κ2) is 12.0. The lowest BCUT2D eigenvalue weighted by Gasteiger charge is -2.32. The molecule has 3 unspecified atom stereocenters. The Morgan fingerprint density at radius 1 is 1.27 bits per heavy atom. The van der Waals surface area contributed by atoms with E-state index in [1.807, 2.05) is 12.2 Å². The molecule has 1 saturated heterocycles. The molecule has 12 heteroatoms. The molecule has 0 bridgehead atoms. The summed E-state index contributed by atoms with van der Waals surface area (Å²) >= 11 is 6.16. The molecule has 0 radical (unpaired) electrons. The van der Waals surface area contributed by atoms with E-state index in [0.29, 0.717) is 67.3 Å². The summed E-state index contributed by atoms with van der Waals surface area (Å²) in [6, 6.07) is 5.27. The van der Waals surface area contributed by atoms with Gasteiger partial charge in [0.1, 0.15) is 6.04 Å². The molecule has 1 spiro atoms. The van der Waals surface area contributed by atoms with E-state index in [9.17, 15) is 18.0 Å². The van der Waals surface area contributed by atoms with E-state index in [4.69, 9.17) is 31.5 Å². The highest BCUT2D eigenvalue weighted by molar-refractivity contribution is 6.30. The molecule has 3 aliphatic rings. The van der Waals surface area contributed by atoms with Gasteiger partial charge in [0.15, 0.2) is 0 Å². The van der Waals surface area contributed by atoms with Crippen LogP contribution in [-0.4, -0.2) is 54.5 Å². The van der Waals surface area contributed by atoms with Crippen LogP contribution in [0.2, 0.25) is 5.02 Å².